The Kier molecular flexibility index (Phi) is 6.84. The van der Waals surface area contributed by atoms with Crippen LogP contribution in [-0.4, -0.2) is 70.8 Å². The molecule has 1 heterocycles. The SMILES string of the molecule is C=C(C(=O)N1CCN(C(=O)N(CC)CC)CC1)c1ccc(S)c([N+](=O)[O-])c1. The molecule has 1 aromatic carbocycles. The van der Waals surface area contributed by atoms with Gasteiger partial charge in [0.05, 0.1) is 9.82 Å². The molecule has 9 heteroatoms. The van der Waals surface area contributed by atoms with Crippen LogP contribution in [0.4, 0.5) is 10.5 Å². The summed E-state index contributed by atoms with van der Waals surface area (Å²) in [6, 6.07) is 4.36. The Morgan fingerprint density at radius 1 is 1.19 bits per heavy atom. The molecule has 0 N–H and O–H groups in total. The second-order valence-electron chi connectivity index (χ2n) is 6.17. The van der Waals surface area contributed by atoms with Crippen LogP contribution in [0.25, 0.3) is 5.57 Å². The monoisotopic (exact) mass is 392 g/mol. The first kappa shape index (κ1) is 20.8. The highest BCUT2D eigenvalue weighted by Crippen LogP contribution is 2.27. The fraction of sp³-hybridized carbons (Fsp3) is 0.444. The lowest BCUT2D eigenvalue weighted by Gasteiger charge is -2.37. The van der Waals surface area contributed by atoms with Crippen molar-refractivity contribution in [3.05, 3.63) is 40.5 Å². The van der Waals surface area contributed by atoms with Crippen molar-refractivity contribution in [2.45, 2.75) is 18.7 Å². The van der Waals surface area contributed by atoms with Gasteiger partial charge in [-0.3, -0.25) is 14.9 Å². The lowest BCUT2D eigenvalue weighted by molar-refractivity contribution is -0.387. The fourth-order valence-electron chi connectivity index (χ4n) is 2.97. The third-order valence-corrected chi connectivity index (χ3v) is 5.03. The van der Waals surface area contributed by atoms with Gasteiger partial charge in [0, 0.05) is 50.9 Å². The molecule has 1 aliphatic rings. The maximum atomic E-state index is 12.7. The highest BCUT2D eigenvalue weighted by molar-refractivity contribution is 7.80. The molecule has 0 aliphatic carbocycles. The summed E-state index contributed by atoms with van der Waals surface area (Å²) in [6.07, 6.45) is 0. The number of nitro benzene ring substituents is 1. The maximum absolute atomic E-state index is 12.7. The first-order valence-electron chi connectivity index (χ1n) is 8.79. The van der Waals surface area contributed by atoms with Crippen LogP contribution in [0.3, 0.4) is 0 Å². The maximum Gasteiger partial charge on any atom is 0.320 e. The molecular formula is C18H24N4O4S. The number of thiol groups is 1. The van der Waals surface area contributed by atoms with Gasteiger partial charge in [-0.05, 0) is 25.5 Å². The van der Waals surface area contributed by atoms with Crippen molar-refractivity contribution in [2.75, 3.05) is 39.3 Å². The number of piperazine rings is 1. The summed E-state index contributed by atoms with van der Waals surface area (Å²) < 4.78 is 0. The predicted molar refractivity (Wildman–Crippen MR) is 106 cm³/mol. The largest absolute Gasteiger partial charge is 0.335 e. The van der Waals surface area contributed by atoms with Gasteiger partial charge in [-0.1, -0.05) is 12.6 Å². The van der Waals surface area contributed by atoms with Crippen molar-refractivity contribution in [3.8, 4) is 0 Å². The molecule has 2 rings (SSSR count). The van der Waals surface area contributed by atoms with E-state index in [2.05, 4.69) is 19.2 Å². The molecule has 1 aromatic rings. The molecule has 1 saturated heterocycles. The van der Waals surface area contributed by atoms with Crippen molar-refractivity contribution in [1.82, 2.24) is 14.7 Å². The number of amides is 3. The van der Waals surface area contributed by atoms with E-state index < -0.39 is 4.92 Å². The highest BCUT2D eigenvalue weighted by Gasteiger charge is 2.28. The second-order valence-corrected chi connectivity index (χ2v) is 6.66. The van der Waals surface area contributed by atoms with Gasteiger partial charge >= 0.3 is 6.03 Å². The average molecular weight is 392 g/mol. The summed E-state index contributed by atoms with van der Waals surface area (Å²) in [6.45, 7) is 10.7. The molecule has 0 atom stereocenters. The van der Waals surface area contributed by atoms with Crippen LogP contribution in [0.2, 0.25) is 0 Å². The van der Waals surface area contributed by atoms with Crippen molar-refractivity contribution < 1.29 is 14.5 Å². The molecule has 27 heavy (non-hydrogen) atoms. The molecule has 8 nitrogen and oxygen atoms in total. The Balaban J connectivity index is 2.03. The van der Waals surface area contributed by atoms with Crippen LogP contribution >= 0.6 is 12.6 Å². The highest BCUT2D eigenvalue weighted by atomic mass is 32.1. The summed E-state index contributed by atoms with van der Waals surface area (Å²) >= 11 is 4.06. The van der Waals surface area contributed by atoms with Crippen molar-refractivity contribution in [3.63, 3.8) is 0 Å². The van der Waals surface area contributed by atoms with E-state index in [4.69, 9.17) is 0 Å². The lowest BCUT2D eigenvalue weighted by atomic mass is 10.1. The number of urea groups is 1. The summed E-state index contributed by atoms with van der Waals surface area (Å²) in [5.41, 5.74) is 0.417. The van der Waals surface area contributed by atoms with E-state index >= 15 is 0 Å². The first-order chi connectivity index (χ1) is 12.8. The molecule has 0 spiro atoms. The number of hydrogen-bond donors (Lipinski definition) is 1. The summed E-state index contributed by atoms with van der Waals surface area (Å²) in [4.78, 5) is 40.9. The quantitative estimate of drug-likeness (QED) is 0.361. The van der Waals surface area contributed by atoms with Gasteiger partial charge in [-0.25, -0.2) is 4.79 Å². The van der Waals surface area contributed by atoms with Gasteiger partial charge < -0.3 is 14.7 Å². The van der Waals surface area contributed by atoms with Crippen molar-refractivity contribution >= 4 is 35.8 Å². The standard InChI is InChI=1S/C18H24N4O4S/c1-4-19(5-2)18(24)21-10-8-20(9-11-21)17(23)13(3)14-6-7-16(27)15(12-14)22(25)26/h6-7,12,27H,3-5,8-11H2,1-2H3. The molecular weight excluding hydrogens is 368 g/mol. The number of benzene rings is 1. The number of rotatable bonds is 5. The molecule has 0 aromatic heterocycles. The van der Waals surface area contributed by atoms with Crippen LogP contribution < -0.4 is 0 Å². The zero-order chi connectivity index (χ0) is 20.1. The smallest absolute Gasteiger partial charge is 0.320 e. The molecule has 0 radical (unpaired) electrons. The fourth-order valence-corrected chi connectivity index (χ4v) is 3.19. The summed E-state index contributed by atoms with van der Waals surface area (Å²) in [5, 5.41) is 11.1. The van der Waals surface area contributed by atoms with Gasteiger partial charge in [0.25, 0.3) is 11.6 Å². The Bertz CT molecular complexity index is 756. The van der Waals surface area contributed by atoms with Gasteiger partial charge in [-0.15, -0.1) is 12.6 Å². The van der Waals surface area contributed by atoms with E-state index in [0.29, 0.717) is 44.8 Å². The van der Waals surface area contributed by atoms with E-state index in [0.717, 1.165) is 0 Å². The van der Waals surface area contributed by atoms with E-state index in [1.54, 1.807) is 20.8 Å². The van der Waals surface area contributed by atoms with Gasteiger partial charge in [0.1, 0.15) is 0 Å². The second kappa shape index (κ2) is 8.90. The number of nitro groups is 1. The van der Waals surface area contributed by atoms with Crippen molar-refractivity contribution in [1.29, 1.82) is 0 Å². The zero-order valence-corrected chi connectivity index (χ0v) is 16.4. The van der Waals surface area contributed by atoms with Gasteiger partial charge in [-0.2, -0.15) is 0 Å². The molecule has 3 amide bonds. The Morgan fingerprint density at radius 2 is 1.74 bits per heavy atom. The third-order valence-electron chi connectivity index (χ3n) is 4.65. The number of nitrogens with zero attached hydrogens (tertiary/aromatic N) is 4. The first-order valence-corrected chi connectivity index (χ1v) is 9.24. The third kappa shape index (κ3) is 4.60. The topological polar surface area (TPSA) is 87.0 Å². The minimum absolute atomic E-state index is 0.0223. The molecule has 1 fully saturated rings. The number of carbonyl (C=O) groups is 2. The molecule has 0 bridgehead atoms. The van der Waals surface area contributed by atoms with Crippen LogP contribution in [0.5, 0.6) is 0 Å². The zero-order valence-electron chi connectivity index (χ0n) is 15.6. The van der Waals surface area contributed by atoms with Crippen LogP contribution in [-0.2, 0) is 4.79 Å². The van der Waals surface area contributed by atoms with Crippen LogP contribution in [0.1, 0.15) is 19.4 Å². The van der Waals surface area contributed by atoms with E-state index in [1.807, 2.05) is 13.8 Å². The Morgan fingerprint density at radius 3 is 2.26 bits per heavy atom. The van der Waals surface area contributed by atoms with Crippen molar-refractivity contribution in [2.24, 2.45) is 0 Å². The van der Waals surface area contributed by atoms with Crippen LogP contribution in [0.15, 0.2) is 29.7 Å². The summed E-state index contributed by atoms with van der Waals surface area (Å²) in [5.74, 6) is -0.286. The average Bonchev–Trinajstić information content (AvgIpc) is 2.68. The molecule has 146 valence electrons. The normalized spacial score (nSPS) is 14.0. The molecule has 1 aliphatic heterocycles. The predicted octanol–water partition coefficient (Wildman–Crippen LogP) is 2.50. The van der Waals surface area contributed by atoms with Crippen LogP contribution in [0, 0.1) is 10.1 Å². The number of hydrogen-bond acceptors (Lipinski definition) is 5. The van der Waals surface area contributed by atoms with Gasteiger partial charge in [0.2, 0.25) is 0 Å². The van der Waals surface area contributed by atoms with E-state index in [1.165, 1.54) is 12.1 Å². The molecule has 0 saturated carbocycles. The lowest BCUT2D eigenvalue weighted by Crippen LogP contribution is -2.54. The minimum atomic E-state index is -0.540. The number of carbonyl (C=O) groups excluding carboxylic acids is 2. The minimum Gasteiger partial charge on any atom is -0.335 e. The van der Waals surface area contributed by atoms with Gasteiger partial charge in [0.15, 0.2) is 0 Å². The van der Waals surface area contributed by atoms with E-state index in [-0.39, 0.29) is 28.1 Å². The Hall–Kier alpha value is -2.55. The Labute approximate surface area is 164 Å². The summed E-state index contributed by atoms with van der Waals surface area (Å²) in [7, 11) is 0. The molecule has 0 unspecified atom stereocenters. The van der Waals surface area contributed by atoms with E-state index in [9.17, 15) is 19.7 Å².